The number of hydrogen-bond donors (Lipinski definition) is 2. The lowest BCUT2D eigenvalue weighted by Gasteiger charge is -2.30. The molecule has 22 heavy (non-hydrogen) atoms. The third-order valence-electron chi connectivity index (χ3n) is 4.61. The molecule has 0 radical (unpaired) electrons. The molecule has 1 heterocycles. The molecule has 1 aromatic heterocycles. The Kier molecular flexibility index (Phi) is 5.83. The molecule has 2 rings (SSSR count). The summed E-state index contributed by atoms with van der Waals surface area (Å²) in [6.45, 7) is 4.31. The number of carbonyl (C=O) groups excluding carboxylic acids is 1. The van der Waals surface area contributed by atoms with Crippen LogP contribution in [0.4, 0.5) is 0 Å². The fourth-order valence-electron chi connectivity index (χ4n) is 3.25. The van der Waals surface area contributed by atoms with E-state index in [1.165, 1.54) is 19.3 Å². The molecular weight excluding hydrogens is 280 g/mol. The highest BCUT2D eigenvalue weighted by atomic mass is 16.5. The Morgan fingerprint density at radius 3 is 2.64 bits per heavy atom. The number of rotatable bonds is 6. The number of amides is 1. The largest absolute Gasteiger partial charge is 0.480 e. The Morgan fingerprint density at radius 2 is 2.09 bits per heavy atom. The molecule has 1 aromatic rings. The highest BCUT2D eigenvalue weighted by Gasteiger charge is 2.24. The summed E-state index contributed by atoms with van der Waals surface area (Å²) in [4.78, 5) is 12.1. The summed E-state index contributed by atoms with van der Waals surface area (Å²) < 4.78 is 7.40. The number of carbonyl (C=O) groups is 1. The van der Waals surface area contributed by atoms with Crippen LogP contribution >= 0.6 is 0 Å². The Bertz CT molecular complexity index is 506. The second-order valence-electron chi connectivity index (χ2n) is 6.22. The van der Waals surface area contributed by atoms with Crippen LogP contribution in [0.2, 0.25) is 0 Å². The molecule has 1 fully saturated rings. The normalized spacial score (nSPS) is 17.3. The van der Waals surface area contributed by atoms with Crippen LogP contribution in [-0.2, 0) is 11.8 Å². The first kappa shape index (κ1) is 16.8. The lowest BCUT2D eigenvalue weighted by molar-refractivity contribution is -0.124. The van der Waals surface area contributed by atoms with Crippen molar-refractivity contribution in [1.82, 2.24) is 15.1 Å². The predicted octanol–water partition coefficient (Wildman–Crippen LogP) is 1.44. The molecule has 1 saturated carbocycles. The van der Waals surface area contributed by atoms with E-state index < -0.39 is 0 Å². The van der Waals surface area contributed by atoms with Gasteiger partial charge in [-0.05, 0) is 32.6 Å². The first-order chi connectivity index (χ1) is 10.5. The van der Waals surface area contributed by atoms with Crippen LogP contribution in [0, 0.1) is 19.8 Å². The zero-order valence-corrected chi connectivity index (χ0v) is 13.9. The molecule has 1 unspecified atom stereocenters. The van der Waals surface area contributed by atoms with Crippen LogP contribution in [0.1, 0.15) is 43.5 Å². The topological polar surface area (TPSA) is 82.2 Å². The summed E-state index contributed by atoms with van der Waals surface area (Å²) in [5.41, 5.74) is 7.57. The van der Waals surface area contributed by atoms with Crippen molar-refractivity contribution in [2.75, 3.05) is 13.2 Å². The summed E-state index contributed by atoms with van der Waals surface area (Å²) in [6, 6.07) is 0.0625. The number of aryl methyl sites for hydroxylation is 2. The van der Waals surface area contributed by atoms with Gasteiger partial charge >= 0.3 is 0 Å². The van der Waals surface area contributed by atoms with Gasteiger partial charge in [0.05, 0.1) is 5.69 Å². The molecule has 6 heteroatoms. The molecule has 1 atom stereocenters. The van der Waals surface area contributed by atoms with Gasteiger partial charge in [0, 0.05) is 19.6 Å². The number of nitrogens with two attached hydrogens (primary N) is 1. The van der Waals surface area contributed by atoms with Crippen LogP contribution in [0.3, 0.4) is 0 Å². The van der Waals surface area contributed by atoms with Crippen molar-refractivity contribution in [2.24, 2.45) is 18.7 Å². The van der Waals surface area contributed by atoms with Gasteiger partial charge in [-0.1, -0.05) is 19.3 Å². The van der Waals surface area contributed by atoms with E-state index in [9.17, 15) is 4.79 Å². The first-order valence-corrected chi connectivity index (χ1v) is 8.15. The molecule has 6 nitrogen and oxygen atoms in total. The van der Waals surface area contributed by atoms with E-state index in [2.05, 4.69) is 10.4 Å². The van der Waals surface area contributed by atoms with Crippen LogP contribution in [-0.4, -0.2) is 34.9 Å². The standard InChI is InChI=1S/C16H28N4O2/c1-11-16(12(2)20(3)19-11)22-10-15(21)18-14(9-17)13-7-5-4-6-8-13/h13-14H,4-10,17H2,1-3H3,(H,18,21). The molecule has 0 aromatic carbocycles. The SMILES string of the molecule is Cc1nn(C)c(C)c1OCC(=O)NC(CN)C1CCCCC1. The van der Waals surface area contributed by atoms with Gasteiger partial charge in [0.15, 0.2) is 12.4 Å². The predicted molar refractivity (Wildman–Crippen MR) is 85.7 cm³/mol. The minimum Gasteiger partial charge on any atom is -0.480 e. The van der Waals surface area contributed by atoms with Crippen LogP contribution in [0.15, 0.2) is 0 Å². The average Bonchev–Trinajstić information content (AvgIpc) is 2.76. The molecule has 0 saturated heterocycles. The third-order valence-corrected chi connectivity index (χ3v) is 4.61. The molecule has 1 aliphatic rings. The maximum atomic E-state index is 12.1. The minimum absolute atomic E-state index is 0.0105. The molecule has 0 spiro atoms. The third kappa shape index (κ3) is 4.00. The van der Waals surface area contributed by atoms with Gasteiger partial charge in [-0.15, -0.1) is 0 Å². The smallest absolute Gasteiger partial charge is 0.258 e. The zero-order chi connectivity index (χ0) is 16.1. The van der Waals surface area contributed by atoms with Crippen LogP contribution in [0.5, 0.6) is 5.75 Å². The summed E-state index contributed by atoms with van der Waals surface area (Å²) in [7, 11) is 1.86. The molecular formula is C16H28N4O2. The molecule has 3 N–H and O–H groups in total. The summed E-state index contributed by atoms with van der Waals surface area (Å²) in [5.74, 6) is 1.09. The van der Waals surface area contributed by atoms with Crippen molar-refractivity contribution < 1.29 is 9.53 Å². The molecule has 1 amide bonds. The van der Waals surface area contributed by atoms with Crippen molar-refractivity contribution in [3.05, 3.63) is 11.4 Å². The first-order valence-electron chi connectivity index (χ1n) is 8.15. The Hall–Kier alpha value is -1.56. The zero-order valence-electron chi connectivity index (χ0n) is 13.9. The fourth-order valence-corrected chi connectivity index (χ4v) is 3.25. The highest BCUT2D eigenvalue weighted by molar-refractivity contribution is 5.78. The second-order valence-corrected chi connectivity index (χ2v) is 6.22. The monoisotopic (exact) mass is 308 g/mol. The molecule has 124 valence electrons. The van der Waals surface area contributed by atoms with Crippen molar-refractivity contribution in [3.63, 3.8) is 0 Å². The Morgan fingerprint density at radius 1 is 1.41 bits per heavy atom. The Balaban J connectivity index is 1.86. The fraction of sp³-hybridized carbons (Fsp3) is 0.750. The van der Waals surface area contributed by atoms with Gasteiger partial charge in [-0.3, -0.25) is 9.48 Å². The van der Waals surface area contributed by atoms with E-state index in [0.717, 1.165) is 24.2 Å². The van der Waals surface area contributed by atoms with Gasteiger partial charge in [0.25, 0.3) is 5.91 Å². The van der Waals surface area contributed by atoms with Gasteiger partial charge < -0.3 is 15.8 Å². The number of nitrogens with zero attached hydrogens (tertiary/aromatic N) is 2. The van der Waals surface area contributed by atoms with E-state index in [1.54, 1.807) is 4.68 Å². The summed E-state index contributed by atoms with van der Waals surface area (Å²) in [6.07, 6.45) is 6.08. The second kappa shape index (κ2) is 7.63. The van der Waals surface area contributed by atoms with Crippen molar-refractivity contribution in [3.8, 4) is 5.75 Å². The van der Waals surface area contributed by atoms with Crippen LogP contribution in [0.25, 0.3) is 0 Å². The lowest BCUT2D eigenvalue weighted by Crippen LogP contribution is -2.47. The van der Waals surface area contributed by atoms with E-state index >= 15 is 0 Å². The van der Waals surface area contributed by atoms with Crippen LogP contribution < -0.4 is 15.8 Å². The Labute approximate surface area is 132 Å². The highest BCUT2D eigenvalue weighted by Crippen LogP contribution is 2.26. The maximum absolute atomic E-state index is 12.1. The number of aromatic nitrogens is 2. The van der Waals surface area contributed by atoms with Crippen molar-refractivity contribution in [2.45, 2.75) is 52.0 Å². The number of ether oxygens (including phenoxy) is 1. The van der Waals surface area contributed by atoms with Gasteiger partial charge in [0.1, 0.15) is 5.69 Å². The van der Waals surface area contributed by atoms with Gasteiger partial charge in [-0.2, -0.15) is 5.10 Å². The maximum Gasteiger partial charge on any atom is 0.258 e. The quantitative estimate of drug-likeness (QED) is 0.833. The van der Waals surface area contributed by atoms with E-state index in [1.807, 2.05) is 20.9 Å². The van der Waals surface area contributed by atoms with Gasteiger partial charge in [0.2, 0.25) is 0 Å². The summed E-state index contributed by atoms with van der Waals surface area (Å²) >= 11 is 0. The number of hydrogen-bond acceptors (Lipinski definition) is 4. The van der Waals surface area contributed by atoms with Crippen molar-refractivity contribution in [1.29, 1.82) is 0 Å². The van der Waals surface area contributed by atoms with Gasteiger partial charge in [-0.25, -0.2) is 0 Å². The van der Waals surface area contributed by atoms with E-state index in [0.29, 0.717) is 18.2 Å². The lowest BCUT2D eigenvalue weighted by atomic mass is 9.84. The van der Waals surface area contributed by atoms with Crippen molar-refractivity contribution >= 4 is 5.91 Å². The molecule has 0 bridgehead atoms. The average molecular weight is 308 g/mol. The minimum atomic E-state index is -0.108. The number of nitrogens with one attached hydrogen (secondary N) is 1. The molecule has 0 aliphatic heterocycles. The van der Waals surface area contributed by atoms with E-state index in [4.69, 9.17) is 10.5 Å². The summed E-state index contributed by atoms with van der Waals surface area (Å²) in [5, 5.41) is 7.32. The molecule has 1 aliphatic carbocycles. The van der Waals surface area contributed by atoms with E-state index in [-0.39, 0.29) is 18.6 Å².